The maximum atomic E-state index is 12.8. The fourth-order valence-corrected chi connectivity index (χ4v) is 3.28. The third-order valence-corrected chi connectivity index (χ3v) is 4.61. The van der Waals surface area contributed by atoms with Crippen LogP contribution in [0.5, 0.6) is 11.5 Å². The summed E-state index contributed by atoms with van der Waals surface area (Å²) in [6.45, 7) is 2.91. The first-order chi connectivity index (χ1) is 13.6. The number of benzene rings is 2. The molecule has 0 radical (unpaired) electrons. The summed E-state index contributed by atoms with van der Waals surface area (Å²) in [5, 5.41) is 5.74. The highest BCUT2D eigenvalue weighted by molar-refractivity contribution is 6.00. The van der Waals surface area contributed by atoms with E-state index in [2.05, 4.69) is 10.6 Å². The zero-order chi connectivity index (χ0) is 19.9. The fourth-order valence-electron chi connectivity index (χ4n) is 3.28. The number of nitrogens with zero attached hydrogens (tertiary/aromatic N) is 1. The van der Waals surface area contributed by atoms with Crippen molar-refractivity contribution in [2.75, 3.05) is 30.9 Å². The molecule has 7 nitrogen and oxygen atoms in total. The van der Waals surface area contributed by atoms with Gasteiger partial charge in [-0.3, -0.25) is 4.79 Å². The summed E-state index contributed by atoms with van der Waals surface area (Å²) in [5.41, 5.74) is 1.18. The highest BCUT2D eigenvalue weighted by Crippen LogP contribution is 2.27. The number of anilines is 2. The molecule has 1 aliphatic rings. The number of nitrogens with one attached hydrogen (secondary N) is 2. The summed E-state index contributed by atoms with van der Waals surface area (Å²) in [7, 11) is 1.55. The molecule has 3 rings (SSSR count). The molecule has 1 unspecified atom stereocenters. The highest BCUT2D eigenvalue weighted by Gasteiger charge is 2.34. The van der Waals surface area contributed by atoms with E-state index in [1.807, 2.05) is 31.2 Å². The van der Waals surface area contributed by atoms with Crippen molar-refractivity contribution < 1.29 is 19.1 Å². The monoisotopic (exact) mass is 383 g/mol. The summed E-state index contributed by atoms with van der Waals surface area (Å²) in [5.74, 6) is 0.961. The van der Waals surface area contributed by atoms with E-state index < -0.39 is 6.04 Å². The summed E-state index contributed by atoms with van der Waals surface area (Å²) in [6, 6.07) is 13.6. The van der Waals surface area contributed by atoms with Crippen molar-refractivity contribution >= 4 is 23.3 Å². The van der Waals surface area contributed by atoms with Gasteiger partial charge in [0.2, 0.25) is 5.91 Å². The van der Waals surface area contributed by atoms with E-state index in [4.69, 9.17) is 9.47 Å². The van der Waals surface area contributed by atoms with E-state index >= 15 is 0 Å². The minimum Gasteiger partial charge on any atom is -0.495 e. The Morgan fingerprint density at radius 3 is 2.36 bits per heavy atom. The van der Waals surface area contributed by atoms with Crippen molar-refractivity contribution in [3.63, 3.8) is 0 Å². The van der Waals surface area contributed by atoms with Crippen LogP contribution in [0.25, 0.3) is 0 Å². The topological polar surface area (TPSA) is 79.9 Å². The Hall–Kier alpha value is -3.22. The first-order valence-corrected chi connectivity index (χ1v) is 9.37. The second-order valence-electron chi connectivity index (χ2n) is 6.40. The van der Waals surface area contributed by atoms with Crippen molar-refractivity contribution in [2.24, 2.45) is 0 Å². The van der Waals surface area contributed by atoms with Crippen LogP contribution in [0.4, 0.5) is 16.2 Å². The van der Waals surface area contributed by atoms with E-state index in [0.29, 0.717) is 42.4 Å². The maximum absolute atomic E-state index is 12.8. The number of para-hydroxylation sites is 4. The molecule has 2 aromatic carbocycles. The number of likely N-dealkylation sites (tertiary alicyclic amines) is 1. The molecule has 28 heavy (non-hydrogen) atoms. The van der Waals surface area contributed by atoms with Crippen molar-refractivity contribution in [2.45, 2.75) is 25.8 Å². The zero-order valence-corrected chi connectivity index (χ0v) is 16.1. The minimum atomic E-state index is -0.538. The predicted octanol–water partition coefficient (Wildman–Crippen LogP) is 3.73. The molecule has 1 fully saturated rings. The second-order valence-corrected chi connectivity index (χ2v) is 6.40. The smallest absolute Gasteiger partial charge is 0.322 e. The Morgan fingerprint density at radius 1 is 1.04 bits per heavy atom. The van der Waals surface area contributed by atoms with Gasteiger partial charge in [-0.1, -0.05) is 24.3 Å². The lowest BCUT2D eigenvalue weighted by Gasteiger charge is -2.25. The van der Waals surface area contributed by atoms with Gasteiger partial charge in [0.05, 0.1) is 25.1 Å². The lowest BCUT2D eigenvalue weighted by Crippen LogP contribution is -2.45. The number of methoxy groups -OCH3 is 1. The van der Waals surface area contributed by atoms with Gasteiger partial charge in [0, 0.05) is 6.54 Å². The molecular formula is C21H25N3O4. The Kier molecular flexibility index (Phi) is 6.37. The Bertz CT molecular complexity index is 840. The van der Waals surface area contributed by atoms with Crippen molar-refractivity contribution in [1.82, 2.24) is 4.90 Å². The largest absolute Gasteiger partial charge is 0.495 e. The van der Waals surface area contributed by atoms with Crippen LogP contribution in [0.2, 0.25) is 0 Å². The van der Waals surface area contributed by atoms with Crippen LogP contribution in [0.15, 0.2) is 48.5 Å². The minimum absolute atomic E-state index is 0.222. The molecule has 1 atom stereocenters. The second kappa shape index (κ2) is 9.12. The molecule has 1 aliphatic heterocycles. The van der Waals surface area contributed by atoms with Gasteiger partial charge in [-0.15, -0.1) is 0 Å². The molecule has 0 aromatic heterocycles. The molecule has 7 heteroatoms. The van der Waals surface area contributed by atoms with Gasteiger partial charge < -0.3 is 25.0 Å². The molecular weight excluding hydrogens is 358 g/mol. The molecule has 1 saturated heterocycles. The van der Waals surface area contributed by atoms with Crippen molar-refractivity contribution in [3.05, 3.63) is 48.5 Å². The number of hydrogen-bond donors (Lipinski definition) is 2. The molecule has 0 saturated carbocycles. The average Bonchev–Trinajstić information content (AvgIpc) is 3.20. The van der Waals surface area contributed by atoms with E-state index in [-0.39, 0.29) is 11.9 Å². The summed E-state index contributed by atoms with van der Waals surface area (Å²) < 4.78 is 10.8. The molecule has 148 valence electrons. The van der Waals surface area contributed by atoms with Crippen molar-refractivity contribution in [3.8, 4) is 11.5 Å². The number of carbonyl (C=O) groups is 2. The Morgan fingerprint density at radius 2 is 1.68 bits per heavy atom. The van der Waals surface area contributed by atoms with E-state index in [0.717, 1.165) is 6.42 Å². The number of ether oxygens (including phenoxy) is 2. The quantitative estimate of drug-likeness (QED) is 0.797. The van der Waals surface area contributed by atoms with Crippen LogP contribution >= 0.6 is 0 Å². The number of urea groups is 1. The van der Waals surface area contributed by atoms with Crippen molar-refractivity contribution in [1.29, 1.82) is 0 Å². The lowest BCUT2D eigenvalue weighted by atomic mass is 10.2. The van der Waals surface area contributed by atoms with Gasteiger partial charge in [-0.25, -0.2) is 4.79 Å². The molecule has 2 aromatic rings. The van der Waals surface area contributed by atoms with Gasteiger partial charge >= 0.3 is 6.03 Å². The normalized spacial score (nSPS) is 15.8. The number of hydrogen-bond acceptors (Lipinski definition) is 4. The number of amides is 3. The molecule has 3 amide bonds. The summed E-state index contributed by atoms with van der Waals surface area (Å²) in [4.78, 5) is 27.2. The highest BCUT2D eigenvalue weighted by atomic mass is 16.5. The molecule has 0 spiro atoms. The van der Waals surface area contributed by atoms with E-state index in [1.54, 1.807) is 36.3 Å². The van der Waals surface area contributed by atoms with Crippen LogP contribution in [0.1, 0.15) is 19.8 Å². The van der Waals surface area contributed by atoms with Gasteiger partial charge in [0.25, 0.3) is 0 Å². The average molecular weight is 383 g/mol. The third-order valence-electron chi connectivity index (χ3n) is 4.61. The van der Waals surface area contributed by atoms with Crippen LogP contribution in [0.3, 0.4) is 0 Å². The van der Waals surface area contributed by atoms with Gasteiger partial charge in [-0.05, 0) is 44.0 Å². The van der Waals surface area contributed by atoms with Crippen LogP contribution in [-0.2, 0) is 4.79 Å². The Labute approximate surface area is 164 Å². The maximum Gasteiger partial charge on any atom is 0.322 e. The number of carbonyl (C=O) groups excluding carboxylic acids is 2. The van der Waals surface area contributed by atoms with Crippen LogP contribution < -0.4 is 20.1 Å². The summed E-state index contributed by atoms with van der Waals surface area (Å²) in [6.07, 6.45) is 1.38. The summed E-state index contributed by atoms with van der Waals surface area (Å²) >= 11 is 0. The van der Waals surface area contributed by atoms with Gasteiger partial charge in [-0.2, -0.15) is 0 Å². The Balaban J connectivity index is 1.70. The SMILES string of the molecule is CCOc1ccccc1NC(=O)C1CCCN1C(=O)Nc1ccccc1OC. The van der Waals surface area contributed by atoms with Crippen LogP contribution in [-0.4, -0.2) is 43.1 Å². The first kappa shape index (κ1) is 19.5. The van der Waals surface area contributed by atoms with E-state index in [9.17, 15) is 9.59 Å². The lowest BCUT2D eigenvalue weighted by molar-refractivity contribution is -0.119. The first-order valence-electron chi connectivity index (χ1n) is 9.37. The third kappa shape index (κ3) is 4.36. The fraction of sp³-hybridized carbons (Fsp3) is 0.333. The predicted molar refractivity (Wildman–Crippen MR) is 108 cm³/mol. The van der Waals surface area contributed by atoms with Gasteiger partial charge in [0.15, 0.2) is 0 Å². The zero-order valence-electron chi connectivity index (χ0n) is 16.1. The molecule has 0 bridgehead atoms. The molecule has 1 heterocycles. The van der Waals surface area contributed by atoms with Crippen LogP contribution in [0, 0.1) is 0 Å². The number of rotatable bonds is 6. The molecule has 0 aliphatic carbocycles. The van der Waals surface area contributed by atoms with Gasteiger partial charge in [0.1, 0.15) is 17.5 Å². The standard InChI is InChI=1S/C21H25N3O4/c1-3-28-19-13-7-5-10-16(19)22-20(25)17-11-8-14-24(17)21(26)23-15-9-4-6-12-18(15)27-2/h4-7,9-10,12-13,17H,3,8,11,14H2,1-2H3,(H,22,25)(H,23,26). The van der Waals surface area contributed by atoms with E-state index in [1.165, 1.54) is 0 Å². The molecule has 2 N–H and O–H groups in total.